The van der Waals surface area contributed by atoms with Gasteiger partial charge in [0.2, 0.25) is 5.88 Å². The molecule has 0 bridgehead atoms. The lowest BCUT2D eigenvalue weighted by Crippen LogP contribution is -2.50. The molecular formula is C23H29N7O3. The first-order chi connectivity index (χ1) is 16.0. The molecule has 1 aliphatic heterocycles. The number of piperazine rings is 1. The number of hydrogen-bond donors (Lipinski definition) is 1. The van der Waals surface area contributed by atoms with Crippen LogP contribution in [0.2, 0.25) is 0 Å². The number of nitrogens with one attached hydrogen (secondary N) is 1. The Kier molecular flexibility index (Phi) is 7.04. The number of carbonyl (C=O) groups excluding carboxylic acids is 2. The summed E-state index contributed by atoms with van der Waals surface area (Å²) in [6, 6.07) is 7.61. The average molecular weight is 452 g/mol. The fourth-order valence-corrected chi connectivity index (χ4v) is 3.89. The van der Waals surface area contributed by atoms with Gasteiger partial charge >= 0.3 is 0 Å². The summed E-state index contributed by atoms with van der Waals surface area (Å²) in [5.74, 6) is 0.202. The molecule has 0 unspecified atom stereocenters. The summed E-state index contributed by atoms with van der Waals surface area (Å²) < 4.78 is 8.77. The van der Waals surface area contributed by atoms with Gasteiger partial charge in [0.25, 0.3) is 11.8 Å². The topological polar surface area (TPSA) is 97.5 Å². The van der Waals surface area contributed by atoms with Crippen LogP contribution in [0.5, 0.6) is 5.88 Å². The summed E-state index contributed by atoms with van der Waals surface area (Å²) >= 11 is 0. The summed E-state index contributed by atoms with van der Waals surface area (Å²) in [4.78, 5) is 33.3. The Bertz CT molecular complexity index is 1070. The van der Waals surface area contributed by atoms with Crippen LogP contribution in [-0.2, 0) is 13.6 Å². The van der Waals surface area contributed by atoms with Crippen molar-refractivity contribution in [2.24, 2.45) is 7.05 Å². The third kappa shape index (κ3) is 5.58. The summed E-state index contributed by atoms with van der Waals surface area (Å²) in [7, 11) is 3.28. The van der Waals surface area contributed by atoms with E-state index in [1.165, 1.54) is 7.11 Å². The van der Waals surface area contributed by atoms with Crippen molar-refractivity contribution < 1.29 is 14.3 Å². The first kappa shape index (κ1) is 22.5. The normalized spacial score (nSPS) is 14.3. The van der Waals surface area contributed by atoms with Gasteiger partial charge < -0.3 is 19.5 Å². The molecule has 33 heavy (non-hydrogen) atoms. The van der Waals surface area contributed by atoms with Crippen LogP contribution in [0.15, 0.2) is 49.2 Å². The van der Waals surface area contributed by atoms with E-state index >= 15 is 0 Å². The van der Waals surface area contributed by atoms with E-state index in [1.807, 2.05) is 39.9 Å². The predicted octanol–water partition coefficient (Wildman–Crippen LogP) is 0.861. The minimum atomic E-state index is -0.0818. The zero-order valence-electron chi connectivity index (χ0n) is 19.0. The highest BCUT2D eigenvalue weighted by atomic mass is 16.5. The molecule has 3 aromatic rings. The molecule has 0 radical (unpaired) electrons. The third-order valence-electron chi connectivity index (χ3n) is 5.73. The smallest absolute Gasteiger partial charge is 0.261 e. The Hall–Kier alpha value is -3.66. The van der Waals surface area contributed by atoms with Crippen molar-refractivity contribution in [3.8, 4) is 5.88 Å². The lowest BCUT2D eigenvalue weighted by Gasteiger charge is -2.34. The summed E-state index contributed by atoms with van der Waals surface area (Å²) in [5, 5.41) is 7.14. The highest BCUT2D eigenvalue weighted by Gasteiger charge is 2.26. The zero-order valence-corrected chi connectivity index (χ0v) is 19.0. The SMILES string of the molecule is COc1nn(C)cc1C(=O)N1CCN(CCNC(=O)c2ccc(Cn3ccnc3)cc2)CC1. The van der Waals surface area contributed by atoms with Crippen molar-refractivity contribution in [2.45, 2.75) is 6.54 Å². The molecule has 3 heterocycles. The summed E-state index contributed by atoms with van der Waals surface area (Å²) in [5.41, 5.74) is 2.24. The highest BCUT2D eigenvalue weighted by Crippen LogP contribution is 2.18. The second-order valence-corrected chi connectivity index (χ2v) is 8.05. The molecule has 174 valence electrons. The maximum absolute atomic E-state index is 12.8. The predicted molar refractivity (Wildman–Crippen MR) is 122 cm³/mol. The van der Waals surface area contributed by atoms with Gasteiger partial charge in [-0.3, -0.25) is 19.2 Å². The lowest BCUT2D eigenvalue weighted by atomic mass is 10.1. The molecule has 0 aliphatic carbocycles. The van der Waals surface area contributed by atoms with E-state index < -0.39 is 0 Å². The molecule has 1 fully saturated rings. The molecule has 10 heteroatoms. The van der Waals surface area contributed by atoms with Crippen LogP contribution in [0.25, 0.3) is 0 Å². The standard InChI is InChI=1S/C23H29N7O3/c1-27-16-20(22(26-27)33-2)23(32)30-13-11-28(12-14-30)10-8-25-21(31)19-5-3-18(4-6-19)15-29-9-7-24-17-29/h3-7,9,16-17H,8,10-15H2,1-2H3,(H,25,31). The second kappa shape index (κ2) is 10.3. The van der Waals surface area contributed by atoms with E-state index in [0.717, 1.165) is 31.7 Å². The number of nitrogens with zero attached hydrogens (tertiary/aromatic N) is 6. The highest BCUT2D eigenvalue weighted by molar-refractivity contribution is 5.96. The summed E-state index contributed by atoms with van der Waals surface area (Å²) in [6.07, 6.45) is 7.11. The molecule has 1 saturated heterocycles. The Morgan fingerprint density at radius 3 is 2.55 bits per heavy atom. The Morgan fingerprint density at radius 1 is 1.12 bits per heavy atom. The van der Waals surface area contributed by atoms with Gasteiger partial charge in [0.1, 0.15) is 5.56 Å². The van der Waals surface area contributed by atoms with Crippen molar-refractivity contribution in [3.05, 3.63) is 65.9 Å². The third-order valence-corrected chi connectivity index (χ3v) is 5.73. The Morgan fingerprint density at radius 2 is 1.88 bits per heavy atom. The van der Waals surface area contributed by atoms with E-state index in [-0.39, 0.29) is 11.8 Å². The molecule has 1 aliphatic rings. The molecule has 1 aromatic carbocycles. The number of aromatic nitrogens is 4. The van der Waals surface area contributed by atoms with Gasteiger partial charge in [-0.25, -0.2) is 4.98 Å². The number of benzene rings is 1. The Labute approximate surface area is 192 Å². The van der Waals surface area contributed by atoms with Gasteiger partial charge in [-0.15, -0.1) is 5.10 Å². The van der Waals surface area contributed by atoms with Crippen molar-refractivity contribution in [2.75, 3.05) is 46.4 Å². The maximum Gasteiger partial charge on any atom is 0.261 e. The molecule has 2 amide bonds. The second-order valence-electron chi connectivity index (χ2n) is 8.05. The molecule has 10 nitrogen and oxygen atoms in total. The number of hydrogen-bond acceptors (Lipinski definition) is 6. The van der Waals surface area contributed by atoms with Crippen LogP contribution in [0, 0.1) is 0 Å². The molecule has 1 N–H and O–H groups in total. The van der Waals surface area contributed by atoms with E-state index in [4.69, 9.17) is 4.74 Å². The van der Waals surface area contributed by atoms with E-state index in [1.54, 1.807) is 30.5 Å². The van der Waals surface area contributed by atoms with Crippen molar-refractivity contribution in [3.63, 3.8) is 0 Å². The van der Waals surface area contributed by atoms with E-state index in [2.05, 4.69) is 20.3 Å². The van der Waals surface area contributed by atoms with E-state index in [9.17, 15) is 9.59 Å². The van der Waals surface area contributed by atoms with Gasteiger partial charge in [0.05, 0.1) is 13.4 Å². The van der Waals surface area contributed by atoms with Crippen LogP contribution in [0.3, 0.4) is 0 Å². The Balaban J connectivity index is 1.19. The van der Waals surface area contributed by atoms with Crippen LogP contribution in [0.4, 0.5) is 0 Å². The molecule has 0 saturated carbocycles. The average Bonchev–Trinajstić information content (AvgIpc) is 3.48. The molecular weight excluding hydrogens is 422 g/mol. The number of imidazole rings is 1. The molecule has 4 rings (SSSR count). The van der Waals surface area contributed by atoms with Gasteiger partial charge in [-0.2, -0.15) is 0 Å². The number of carbonyl (C=O) groups is 2. The molecule has 0 atom stereocenters. The zero-order chi connectivity index (χ0) is 23.2. The van der Waals surface area contributed by atoms with Crippen LogP contribution in [-0.4, -0.2) is 87.3 Å². The fraction of sp³-hybridized carbons (Fsp3) is 0.391. The minimum Gasteiger partial charge on any atom is -0.479 e. The first-order valence-electron chi connectivity index (χ1n) is 11.0. The maximum atomic E-state index is 12.8. The van der Waals surface area contributed by atoms with Crippen LogP contribution in [0.1, 0.15) is 26.3 Å². The van der Waals surface area contributed by atoms with Crippen LogP contribution < -0.4 is 10.1 Å². The molecule has 2 aromatic heterocycles. The van der Waals surface area contributed by atoms with Gasteiger partial charge in [-0.1, -0.05) is 12.1 Å². The fourth-order valence-electron chi connectivity index (χ4n) is 3.89. The van der Waals surface area contributed by atoms with Crippen LogP contribution >= 0.6 is 0 Å². The van der Waals surface area contributed by atoms with Crippen molar-refractivity contribution in [1.82, 2.24) is 34.4 Å². The van der Waals surface area contributed by atoms with Gasteiger partial charge in [0, 0.05) is 77.0 Å². The quantitative estimate of drug-likeness (QED) is 0.546. The number of rotatable bonds is 8. The monoisotopic (exact) mass is 451 g/mol. The number of aryl methyl sites for hydroxylation is 1. The van der Waals surface area contributed by atoms with E-state index in [0.29, 0.717) is 36.6 Å². The number of methoxy groups -OCH3 is 1. The number of amides is 2. The lowest BCUT2D eigenvalue weighted by molar-refractivity contribution is 0.0634. The number of ether oxygens (including phenoxy) is 1. The summed E-state index contributed by atoms with van der Waals surface area (Å²) in [6.45, 7) is 4.79. The van der Waals surface area contributed by atoms with Gasteiger partial charge in [-0.05, 0) is 17.7 Å². The van der Waals surface area contributed by atoms with Crippen molar-refractivity contribution in [1.29, 1.82) is 0 Å². The van der Waals surface area contributed by atoms with Crippen molar-refractivity contribution >= 4 is 11.8 Å². The van der Waals surface area contributed by atoms with Gasteiger partial charge in [0.15, 0.2) is 0 Å². The first-order valence-corrected chi connectivity index (χ1v) is 11.0. The minimum absolute atomic E-state index is 0.0654. The largest absolute Gasteiger partial charge is 0.479 e. The molecule has 0 spiro atoms.